The second-order valence-electron chi connectivity index (χ2n) is 2.83. The minimum atomic E-state index is 0. The van der Waals surface area contributed by atoms with Crippen molar-refractivity contribution in [2.24, 2.45) is 0 Å². The summed E-state index contributed by atoms with van der Waals surface area (Å²) in [7, 11) is 2.12. The van der Waals surface area contributed by atoms with Crippen LogP contribution in [0, 0.1) is 0 Å². The lowest BCUT2D eigenvalue weighted by molar-refractivity contribution is 0.0686. The van der Waals surface area contributed by atoms with Crippen LogP contribution >= 0.6 is 12.4 Å². The lowest BCUT2D eigenvalue weighted by Gasteiger charge is -2.28. The summed E-state index contributed by atoms with van der Waals surface area (Å²) in [4.78, 5) is 2.29. The van der Waals surface area contributed by atoms with Gasteiger partial charge in [-0.05, 0) is 26.4 Å². The Kier molecular flexibility index (Phi) is 5.34. The number of nitrogens with zero attached hydrogens (tertiary/aromatic N) is 1. The van der Waals surface area contributed by atoms with Crippen molar-refractivity contribution in [3.8, 4) is 0 Å². The molecule has 0 N–H and O–H groups in total. The predicted molar refractivity (Wildman–Crippen MR) is 49.0 cm³/mol. The predicted octanol–water partition coefficient (Wildman–Crippen LogP) is 1.66. The average molecular weight is 178 g/mol. The highest BCUT2D eigenvalue weighted by molar-refractivity contribution is 5.85. The van der Waals surface area contributed by atoms with E-state index in [0.717, 1.165) is 6.54 Å². The molecule has 0 spiro atoms. The minimum absolute atomic E-state index is 0. The summed E-state index contributed by atoms with van der Waals surface area (Å²) in [6, 6.07) is 0. The second kappa shape index (κ2) is 5.44. The molecule has 0 saturated carbocycles. The molecule has 0 aliphatic carbocycles. The van der Waals surface area contributed by atoms with Gasteiger partial charge in [-0.15, -0.1) is 12.4 Å². The zero-order valence-electron chi connectivity index (χ0n) is 6.95. The van der Waals surface area contributed by atoms with Crippen LogP contribution in [0.1, 0.15) is 12.8 Å². The summed E-state index contributed by atoms with van der Waals surface area (Å²) >= 11 is 0. The van der Waals surface area contributed by atoms with Crippen molar-refractivity contribution in [2.45, 2.75) is 18.9 Å². The first-order valence-corrected chi connectivity index (χ1v) is 3.78. The third-order valence-corrected chi connectivity index (χ3v) is 1.87. The van der Waals surface area contributed by atoms with Crippen molar-refractivity contribution < 1.29 is 4.74 Å². The first-order chi connectivity index (χ1) is 4.83. The molecule has 1 unspecified atom stereocenters. The fourth-order valence-corrected chi connectivity index (χ4v) is 1.37. The van der Waals surface area contributed by atoms with Crippen LogP contribution in [0.3, 0.4) is 0 Å². The Balaban J connectivity index is 0.000001000. The standard InChI is InChI=1S/C8H15NO.ClH/c1-3-10-8-5-4-6-9(2)7-8;/h3,8H,1,4-7H2,2H3;1H. The van der Waals surface area contributed by atoms with E-state index in [0.29, 0.717) is 6.10 Å². The molecular formula is C8H16ClNO. The van der Waals surface area contributed by atoms with Crippen molar-refractivity contribution in [3.63, 3.8) is 0 Å². The van der Waals surface area contributed by atoms with Gasteiger partial charge < -0.3 is 9.64 Å². The molecule has 1 heterocycles. The molecule has 1 rings (SSSR count). The van der Waals surface area contributed by atoms with Gasteiger partial charge in [0.25, 0.3) is 0 Å². The molecule has 1 saturated heterocycles. The van der Waals surface area contributed by atoms with E-state index in [4.69, 9.17) is 4.74 Å². The maximum absolute atomic E-state index is 5.28. The molecule has 0 amide bonds. The molecule has 0 aromatic heterocycles. The van der Waals surface area contributed by atoms with Crippen molar-refractivity contribution >= 4 is 12.4 Å². The largest absolute Gasteiger partial charge is 0.497 e. The molecule has 1 fully saturated rings. The quantitative estimate of drug-likeness (QED) is 0.595. The van der Waals surface area contributed by atoms with Crippen LogP contribution in [0.25, 0.3) is 0 Å². The van der Waals surface area contributed by atoms with E-state index in [-0.39, 0.29) is 12.4 Å². The van der Waals surface area contributed by atoms with Crippen molar-refractivity contribution in [1.29, 1.82) is 0 Å². The van der Waals surface area contributed by atoms with E-state index in [2.05, 4.69) is 18.5 Å². The van der Waals surface area contributed by atoms with Gasteiger partial charge in [0, 0.05) is 6.54 Å². The van der Waals surface area contributed by atoms with E-state index in [1.54, 1.807) is 6.26 Å². The molecule has 3 heteroatoms. The van der Waals surface area contributed by atoms with E-state index >= 15 is 0 Å². The molecular weight excluding hydrogens is 162 g/mol. The lowest BCUT2D eigenvalue weighted by atomic mass is 10.1. The maximum atomic E-state index is 5.28. The van der Waals surface area contributed by atoms with Gasteiger partial charge in [-0.25, -0.2) is 0 Å². The number of rotatable bonds is 2. The third-order valence-electron chi connectivity index (χ3n) is 1.87. The van der Waals surface area contributed by atoms with Gasteiger partial charge in [-0.1, -0.05) is 6.58 Å². The van der Waals surface area contributed by atoms with Gasteiger partial charge in [0.15, 0.2) is 0 Å². The van der Waals surface area contributed by atoms with Crippen molar-refractivity contribution in [2.75, 3.05) is 20.1 Å². The highest BCUT2D eigenvalue weighted by Crippen LogP contribution is 2.10. The number of likely N-dealkylation sites (tertiary alicyclic amines) is 1. The first-order valence-electron chi connectivity index (χ1n) is 3.78. The van der Waals surface area contributed by atoms with Crippen LogP contribution in [0.15, 0.2) is 12.8 Å². The van der Waals surface area contributed by atoms with E-state index in [1.165, 1.54) is 19.4 Å². The highest BCUT2D eigenvalue weighted by Gasteiger charge is 2.16. The Labute approximate surface area is 74.6 Å². The van der Waals surface area contributed by atoms with E-state index < -0.39 is 0 Å². The fourth-order valence-electron chi connectivity index (χ4n) is 1.37. The number of halogens is 1. The summed E-state index contributed by atoms with van der Waals surface area (Å²) in [5.41, 5.74) is 0. The van der Waals surface area contributed by atoms with Crippen LogP contribution in [-0.2, 0) is 4.74 Å². The topological polar surface area (TPSA) is 12.5 Å². The molecule has 0 radical (unpaired) electrons. The molecule has 0 aromatic rings. The third kappa shape index (κ3) is 3.63. The van der Waals surface area contributed by atoms with Crippen LogP contribution in [0.4, 0.5) is 0 Å². The summed E-state index contributed by atoms with van der Waals surface area (Å²) in [6.07, 6.45) is 4.35. The Morgan fingerprint density at radius 3 is 2.91 bits per heavy atom. The Bertz CT molecular complexity index is 119. The smallest absolute Gasteiger partial charge is 0.110 e. The van der Waals surface area contributed by atoms with Gasteiger partial charge in [0.2, 0.25) is 0 Å². The number of hydrogen-bond donors (Lipinski definition) is 0. The summed E-state index contributed by atoms with van der Waals surface area (Å²) in [6.45, 7) is 5.79. The number of piperidine rings is 1. The van der Waals surface area contributed by atoms with E-state index in [1.807, 2.05) is 0 Å². The molecule has 11 heavy (non-hydrogen) atoms. The molecule has 1 aliphatic heterocycles. The summed E-state index contributed by atoms with van der Waals surface area (Å²) < 4.78 is 5.28. The van der Waals surface area contributed by atoms with Crippen LogP contribution in [-0.4, -0.2) is 31.1 Å². The minimum Gasteiger partial charge on any atom is -0.497 e. The molecule has 1 atom stereocenters. The van der Waals surface area contributed by atoms with Gasteiger partial charge in [0.05, 0.1) is 6.26 Å². The number of ether oxygens (including phenoxy) is 1. The average Bonchev–Trinajstić information content (AvgIpc) is 1.88. The van der Waals surface area contributed by atoms with E-state index in [9.17, 15) is 0 Å². The van der Waals surface area contributed by atoms with Gasteiger partial charge in [-0.2, -0.15) is 0 Å². The number of hydrogen-bond acceptors (Lipinski definition) is 2. The van der Waals surface area contributed by atoms with Gasteiger partial charge in [-0.3, -0.25) is 0 Å². The fraction of sp³-hybridized carbons (Fsp3) is 0.750. The first kappa shape index (κ1) is 10.8. The summed E-state index contributed by atoms with van der Waals surface area (Å²) in [5.74, 6) is 0. The van der Waals surface area contributed by atoms with Gasteiger partial charge in [0.1, 0.15) is 6.10 Å². The Hall–Kier alpha value is -0.210. The molecule has 66 valence electrons. The molecule has 0 aromatic carbocycles. The molecule has 2 nitrogen and oxygen atoms in total. The SMILES string of the molecule is C=COC1CCCN(C)C1.Cl. The van der Waals surface area contributed by atoms with Crippen molar-refractivity contribution in [3.05, 3.63) is 12.8 Å². The normalized spacial score (nSPS) is 25.4. The molecule has 1 aliphatic rings. The monoisotopic (exact) mass is 177 g/mol. The van der Waals surface area contributed by atoms with Crippen LogP contribution < -0.4 is 0 Å². The van der Waals surface area contributed by atoms with Crippen molar-refractivity contribution in [1.82, 2.24) is 4.90 Å². The number of likely N-dealkylation sites (N-methyl/N-ethyl adjacent to an activating group) is 1. The maximum Gasteiger partial charge on any atom is 0.110 e. The zero-order chi connectivity index (χ0) is 7.40. The van der Waals surface area contributed by atoms with Crippen LogP contribution in [0.5, 0.6) is 0 Å². The Morgan fingerprint density at radius 1 is 1.64 bits per heavy atom. The van der Waals surface area contributed by atoms with Crippen LogP contribution in [0.2, 0.25) is 0 Å². The zero-order valence-corrected chi connectivity index (χ0v) is 7.77. The van der Waals surface area contributed by atoms with Gasteiger partial charge >= 0.3 is 0 Å². The highest BCUT2D eigenvalue weighted by atomic mass is 35.5. The summed E-state index contributed by atoms with van der Waals surface area (Å²) in [5, 5.41) is 0. The second-order valence-corrected chi connectivity index (χ2v) is 2.83. The Morgan fingerprint density at radius 2 is 2.36 bits per heavy atom. The lowest BCUT2D eigenvalue weighted by Crippen LogP contribution is -2.36. The molecule has 0 bridgehead atoms.